The Morgan fingerprint density at radius 2 is 1.55 bits per heavy atom. The lowest BCUT2D eigenvalue weighted by molar-refractivity contribution is 0.101. The molecule has 0 aliphatic carbocycles. The minimum absolute atomic E-state index is 0.195. The Kier molecular flexibility index (Phi) is 6.46. The van der Waals surface area contributed by atoms with Gasteiger partial charge in [0.2, 0.25) is 10.0 Å². The number of benzene rings is 2. The number of rotatable bonds is 5. The van der Waals surface area contributed by atoms with E-state index in [0.29, 0.717) is 24.7 Å². The molecule has 2 aliphatic heterocycles. The molecule has 166 valence electrons. The number of phenols is 1. The summed E-state index contributed by atoms with van der Waals surface area (Å²) in [6.45, 7) is 5.31. The summed E-state index contributed by atoms with van der Waals surface area (Å²) in [4.78, 5) is 15.1. The number of carbonyl (C=O) groups excluding carboxylic acids is 1. The molecule has 6 nitrogen and oxygen atoms in total. The first-order valence-corrected chi connectivity index (χ1v) is 12.5. The Labute approximate surface area is 184 Å². The van der Waals surface area contributed by atoms with Crippen LogP contribution in [0.25, 0.3) is 0 Å². The number of nitrogens with zero attached hydrogens (tertiary/aromatic N) is 2. The fraction of sp³-hybridized carbons (Fsp3) is 0.458. The van der Waals surface area contributed by atoms with Crippen LogP contribution in [-0.2, 0) is 10.0 Å². The van der Waals surface area contributed by atoms with Gasteiger partial charge in [-0.2, -0.15) is 4.31 Å². The van der Waals surface area contributed by atoms with Gasteiger partial charge in [0.1, 0.15) is 10.6 Å². The van der Waals surface area contributed by atoms with Crippen molar-refractivity contribution >= 4 is 15.8 Å². The van der Waals surface area contributed by atoms with E-state index in [-0.39, 0.29) is 22.0 Å². The van der Waals surface area contributed by atoms with Gasteiger partial charge in [0, 0.05) is 30.3 Å². The zero-order chi connectivity index (χ0) is 22.0. The second kappa shape index (κ2) is 9.10. The van der Waals surface area contributed by atoms with E-state index in [9.17, 15) is 18.3 Å². The molecule has 2 aromatic carbocycles. The van der Waals surface area contributed by atoms with Crippen LogP contribution >= 0.6 is 0 Å². The van der Waals surface area contributed by atoms with Crippen LogP contribution in [0, 0.1) is 5.92 Å². The molecule has 2 aromatic rings. The van der Waals surface area contributed by atoms with E-state index < -0.39 is 10.0 Å². The average molecular weight is 443 g/mol. The highest BCUT2D eigenvalue weighted by Crippen LogP contribution is 2.31. The van der Waals surface area contributed by atoms with Gasteiger partial charge < -0.3 is 10.0 Å². The van der Waals surface area contributed by atoms with Crippen molar-refractivity contribution in [2.24, 2.45) is 5.92 Å². The molecule has 2 aliphatic rings. The normalized spacial score (nSPS) is 20.0. The van der Waals surface area contributed by atoms with E-state index in [0.717, 1.165) is 31.8 Å². The van der Waals surface area contributed by atoms with Gasteiger partial charge >= 0.3 is 0 Å². The molecule has 0 bridgehead atoms. The summed E-state index contributed by atoms with van der Waals surface area (Å²) < 4.78 is 28.0. The van der Waals surface area contributed by atoms with Gasteiger partial charge in [0.25, 0.3) is 0 Å². The molecule has 7 heteroatoms. The van der Waals surface area contributed by atoms with Crippen LogP contribution in [0.5, 0.6) is 5.75 Å². The van der Waals surface area contributed by atoms with Crippen LogP contribution < -0.4 is 0 Å². The molecule has 0 saturated carbocycles. The molecule has 2 fully saturated rings. The van der Waals surface area contributed by atoms with E-state index in [2.05, 4.69) is 11.8 Å². The number of hydrogen-bond acceptors (Lipinski definition) is 5. The lowest BCUT2D eigenvalue weighted by Crippen LogP contribution is -2.48. The number of phenolic OH excluding ortho intramolecular Hbond substituents is 1. The first-order valence-electron chi connectivity index (χ1n) is 11.0. The Balaban J connectivity index is 1.49. The van der Waals surface area contributed by atoms with Crippen molar-refractivity contribution < 1.29 is 18.3 Å². The summed E-state index contributed by atoms with van der Waals surface area (Å²) in [5, 5.41) is 10.3. The third kappa shape index (κ3) is 4.68. The maximum absolute atomic E-state index is 13.3. The summed E-state index contributed by atoms with van der Waals surface area (Å²) in [6, 6.07) is 13.2. The minimum atomic E-state index is -3.88. The van der Waals surface area contributed by atoms with E-state index in [1.807, 2.05) is 6.07 Å². The second-order valence-electron chi connectivity index (χ2n) is 8.73. The number of sulfonamides is 1. The fourth-order valence-electron chi connectivity index (χ4n) is 4.60. The van der Waals surface area contributed by atoms with Gasteiger partial charge in [0.15, 0.2) is 5.78 Å². The highest BCUT2D eigenvalue weighted by molar-refractivity contribution is 7.89. The van der Waals surface area contributed by atoms with Crippen molar-refractivity contribution in [3.63, 3.8) is 0 Å². The van der Waals surface area contributed by atoms with E-state index in [4.69, 9.17) is 0 Å². The van der Waals surface area contributed by atoms with Crippen molar-refractivity contribution in [1.29, 1.82) is 0 Å². The predicted molar refractivity (Wildman–Crippen MR) is 120 cm³/mol. The monoisotopic (exact) mass is 442 g/mol. The molecule has 0 radical (unpaired) electrons. The van der Waals surface area contributed by atoms with Crippen molar-refractivity contribution in [2.45, 2.75) is 43.5 Å². The number of likely N-dealkylation sites (tertiary alicyclic amines) is 1. The summed E-state index contributed by atoms with van der Waals surface area (Å²) >= 11 is 0. The van der Waals surface area contributed by atoms with E-state index in [1.54, 1.807) is 24.3 Å². The number of ketones is 1. The first-order chi connectivity index (χ1) is 14.9. The van der Waals surface area contributed by atoms with Crippen LogP contribution in [0.15, 0.2) is 53.4 Å². The van der Waals surface area contributed by atoms with Gasteiger partial charge in [-0.1, -0.05) is 37.3 Å². The highest BCUT2D eigenvalue weighted by Gasteiger charge is 2.34. The van der Waals surface area contributed by atoms with Gasteiger partial charge in [-0.15, -0.1) is 0 Å². The molecule has 4 rings (SSSR count). The van der Waals surface area contributed by atoms with Crippen molar-refractivity contribution in [3.8, 4) is 5.75 Å². The number of aromatic hydroxyl groups is 1. The zero-order valence-corrected chi connectivity index (χ0v) is 18.7. The minimum Gasteiger partial charge on any atom is -0.507 e. The molecule has 0 atom stereocenters. The Morgan fingerprint density at radius 3 is 2.19 bits per heavy atom. The van der Waals surface area contributed by atoms with Gasteiger partial charge in [-0.3, -0.25) is 4.79 Å². The quantitative estimate of drug-likeness (QED) is 0.717. The molecule has 0 unspecified atom stereocenters. The van der Waals surface area contributed by atoms with E-state index >= 15 is 0 Å². The molecule has 2 saturated heterocycles. The number of carbonyl (C=O) groups is 1. The Morgan fingerprint density at radius 1 is 0.903 bits per heavy atom. The van der Waals surface area contributed by atoms with E-state index in [1.165, 1.54) is 35.3 Å². The van der Waals surface area contributed by atoms with Gasteiger partial charge in [-0.25, -0.2) is 8.42 Å². The molecular formula is C24H30N2O4S. The lowest BCUT2D eigenvalue weighted by Gasteiger charge is -2.41. The first kappa shape index (κ1) is 22.0. The van der Waals surface area contributed by atoms with Crippen molar-refractivity contribution in [3.05, 3.63) is 59.7 Å². The maximum atomic E-state index is 13.3. The molecule has 0 amide bonds. The summed E-state index contributed by atoms with van der Waals surface area (Å²) in [5.74, 6) is 0.178. The van der Waals surface area contributed by atoms with Crippen LogP contribution in [0.3, 0.4) is 0 Å². The fourth-order valence-corrected chi connectivity index (χ4v) is 6.18. The Bertz CT molecular complexity index is 1020. The standard InChI is InChI=1S/C24H30N2O4S/c1-18-9-13-25(14-10-18)21-11-15-26(16-12-21)31(29,30)23-17-20(7-8-22(23)27)24(28)19-5-3-2-4-6-19/h2-8,17-18,21,27H,9-16H2,1H3. The largest absolute Gasteiger partial charge is 0.507 e. The highest BCUT2D eigenvalue weighted by atomic mass is 32.2. The third-order valence-electron chi connectivity index (χ3n) is 6.63. The Hall–Kier alpha value is -2.22. The molecule has 31 heavy (non-hydrogen) atoms. The molecule has 0 aromatic heterocycles. The topological polar surface area (TPSA) is 77.9 Å². The van der Waals surface area contributed by atoms with Crippen LogP contribution in [-0.4, -0.2) is 60.7 Å². The maximum Gasteiger partial charge on any atom is 0.246 e. The van der Waals surface area contributed by atoms with Gasteiger partial charge in [0.05, 0.1) is 0 Å². The SMILES string of the molecule is CC1CCN(C2CCN(S(=O)(=O)c3cc(C(=O)c4ccccc4)ccc3O)CC2)CC1. The average Bonchev–Trinajstić information content (AvgIpc) is 2.80. The molecule has 1 N–H and O–H groups in total. The predicted octanol–water partition coefficient (Wildman–Crippen LogP) is 3.51. The molecular weight excluding hydrogens is 412 g/mol. The van der Waals surface area contributed by atoms with Crippen LogP contribution in [0.1, 0.15) is 48.5 Å². The lowest BCUT2D eigenvalue weighted by atomic mass is 9.95. The smallest absolute Gasteiger partial charge is 0.246 e. The molecule has 0 spiro atoms. The van der Waals surface area contributed by atoms with Gasteiger partial charge in [-0.05, 0) is 62.9 Å². The second-order valence-corrected chi connectivity index (χ2v) is 10.6. The summed E-state index contributed by atoms with van der Waals surface area (Å²) in [7, 11) is -3.88. The molecule has 2 heterocycles. The summed E-state index contributed by atoms with van der Waals surface area (Å²) in [6.07, 6.45) is 3.98. The van der Waals surface area contributed by atoms with Crippen LogP contribution in [0.4, 0.5) is 0 Å². The number of hydrogen-bond donors (Lipinski definition) is 1. The van der Waals surface area contributed by atoms with Crippen molar-refractivity contribution in [2.75, 3.05) is 26.2 Å². The summed E-state index contributed by atoms with van der Waals surface area (Å²) in [5.41, 5.74) is 0.730. The number of piperidine rings is 2. The van der Waals surface area contributed by atoms with Crippen LogP contribution in [0.2, 0.25) is 0 Å². The zero-order valence-electron chi connectivity index (χ0n) is 17.9. The third-order valence-corrected chi connectivity index (χ3v) is 8.56. The van der Waals surface area contributed by atoms with Crippen molar-refractivity contribution in [1.82, 2.24) is 9.21 Å².